The molecule has 220 valence electrons. The van der Waals surface area contributed by atoms with Crippen LogP contribution in [0.15, 0.2) is 18.2 Å². The molecule has 0 aliphatic carbocycles. The summed E-state index contributed by atoms with van der Waals surface area (Å²) in [6, 6.07) is 3.21. The molecule has 0 aliphatic rings. The lowest BCUT2D eigenvalue weighted by Crippen LogP contribution is -2.42. The summed E-state index contributed by atoms with van der Waals surface area (Å²) >= 11 is 0. The predicted octanol–water partition coefficient (Wildman–Crippen LogP) is 5.24. The van der Waals surface area contributed by atoms with Gasteiger partial charge in [0.25, 0.3) is 0 Å². The van der Waals surface area contributed by atoms with Crippen molar-refractivity contribution in [3.05, 3.63) is 23.8 Å². The number of unbranched alkanes of at least 4 members (excludes halogenated alkanes) is 1. The third-order valence-corrected chi connectivity index (χ3v) is 5.54. The molecule has 0 saturated carbocycles. The number of carboxylic acids is 1. The first-order valence-corrected chi connectivity index (χ1v) is 13.2. The summed E-state index contributed by atoms with van der Waals surface area (Å²) in [5, 5.41) is 12.5. The number of ether oxygens (including phenoxy) is 6. The summed E-state index contributed by atoms with van der Waals surface area (Å²) in [5.41, 5.74) is 0.455. The highest BCUT2D eigenvalue weighted by molar-refractivity contribution is 5.74. The van der Waals surface area contributed by atoms with Crippen molar-refractivity contribution in [2.75, 3.05) is 13.2 Å². The Morgan fingerprint density at radius 1 is 0.821 bits per heavy atom. The van der Waals surface area contributed by atoms with Crippen LogP contribution in [0.4, 0.5) is 14.4 Å². The van der Waals surface area contributed by atoms with E-state index >= 15 is 0 Å². The number of nitrogens with one attached hydrogen (secondary N) is 1. The molecule has 0 fully saturated rings. The first-order chi connectivity index (χ1) is 18.5. The lowest BCUT2D eigenvalue weighted by molar-refractivity contribution is -0.139. The third-order valence-electron chi connectivity index (χ3n) is 5.54. The average Bonchev–Trinajstić information content (AvgIpc) is 2.87. The van der Waals surface area contributed by atoms with Gasteiger partial charge in [-0.05, 0) is 64.2 Å². The standard InChI is InChI=1S/C27H41NO11/c1-7-10-13-34-25(31)37-19(6)16-28-21(24(29)30)14-20-11-12-22(38-26(32)35-17(4)8-2)23(15-20)39-27(33)36-18(5)9-3/h11-12,15,17-19,21,28H,7-10,13-14,16H2,1-6H3,(H,29,30)/t17?,18?,19?,21-/m0/s1. The molecule has 0 aromatic heterocycles. The molecule has 1 aromatic carbocycles. The molecule has 0 saturated heterocycles. The van der Waals surface area contributed by atoms with E-state index in [1.165, 1.54) is 18.2 Å². The monoisotopic (exact) mass is 555 g/mol. The van der Waals surface area contributed by atoms with Crippen molar-refractivity contribution in [1.82, 2.24) is 5.32 Å². The van der Waals surface area contributed by atoms with Gasteiger partial charge >= 0.3 is 24.4 Å². The maximum absolute atomic E-state index is 12.3. The van der Waals surface area contributed by atoms with Gasteiger partial charge in [0.2, 0.25) is 0 Å². The van der Waals surface area contributed by atoms with E-state index < -0.39 is 42.7 Å². The molecule has 3 unspecified atom stereocenters. The van der Waals surface area contributed by atoms with Crippen LogP contribution in [0, 0.1) is 0 Å². The van der Waals surface area contributed by atoms with Gasteiger partial charge in [0.05, 0.1) is 6.61 Å². The number of hydrogen-bond donors (Lipinski definition) is 2. The summed E-state index contributed by atoms with van der Waals surface area (Å²) in [5.74, 6) is -1.39. The average molecular weight is 556 g/mol. The summed E-state index contributed by atoms with van der Waals surface area (Å²) in [6.07, 6.45) is -1.57. The maximum Gasteiger partial charge on any atom is 0.514 e. The van der Waals surface area contributed by atoms with E-state index in [4.69, 9.17) is 28.4 Å². The number of carbonyl (C=O) groups is 4. The van der Waals surface area contributed by atoms with Crippen LogP contribution in [0.25, 0.3) is 0 Å². The van der Waals surface area contributed by atoms with Crippen molar-refractivity contribution in [3.8, 4) is 11.5 Å². The molecule has 0 radical (unpaired) electrons. The van der Waals surface area contributed by atoms with Crippen LogP contribution in [0.1, 0.15) is 72.8 Å². The zero-order chi connectivity index (χ0) is 29.4. The minimum absolute atomic E-state index is 0.0304. The highest BCUT2D eigenvalue weighted by Gasteiger charge is 2.23. The van der Waals surface area contributed by atoms with E-state index in [2.05, 4.69) is 5.32 Å². The Morgan fingerprint density at radius 3 is 1.92 bits per heavy atom. The third kappa shape index (κ3) is 13.7. The van der Waals surface area contributed by atoms with E-state index in [1.807, 2.05) is 20.8 Å². The first kappa shape index (κ1) is 33.5. The fourth-order valence-electron chi connectivity index (χ4n) is 2.90. The Balaban J connectivity index is 2.96. The number of aliphatic carboxylic acids is 1. The Bertz CT molecular complexity index is 936. The molecule has 0 bridgehead atoms. The fourth-order valence-corrected chi connectivity index (χ4v) is 2.90. The van der Waals surface area contributed by atoms with Crippen LogP contribution < -0.4 is 14.8 Å². The molecule has 4 atom stereocenters. The van der Waals surface area contributed by atoms with Crippen LogP contribution in [0.2, 0.25) is 0 Å². The van der Waals surface area contributed by atoms with Crippen LogP contribution in [0.5, 0.6) is 11.5 Å². The largest absolute Gasteiger partial charge is 0.514 e. The lowest BCUT2D eigenvalue weighted by atomic mass is 10.0. The van der Waals surface area contributed by atoms with Crippen molar-refractivity contribution in [2.24, 2.45) is 0 Å². The minimum Gasteiger partial charge on any atom is -0.480 e. The van der Waals surface area contributed by atoms with E-state index in [1.54, 1.807) is 20.8 Å². The van der Waals surface area contributed by atoms with Crippen molar-refractivity contribution in [1.29, 1.82) is 0 Å². The molecular formula is C27H41NO11. The van der Waals surface area contributed by atoms with Crippen molar-refractivity contribution >= 4 is 24.4 Å². The zero-order valence-electron chi connectivity index (χ0n) is 23.5. The van der Waals surface area contributed by atoms with Gasteiger partial charge in [0, 0.05) is 6.54 Å². The molecule has 1 rings (SSSR count). The van der Waals surface area contributed by atoms with Crippen molar-refractivity contribution in [2.45, 2.75) is 98.0 Å². The second-order valence-electron chi connectivity index (χ2n) is 9.04. The number of benzene rings is 1. The summed E-state index contributed by atoms with van der Waals surface area (Å²) < 4.78 is 30.8. The highest BCUT2D eigenvalue weighted by atomic mass is 16.8. The van der Waals surface area contributed by atoms with E-state index in [-0.39, 0.29) is 37.2 Å². The predicted molar refractivity (Wildman–Crippen MR) is 140 cm³/mol. The maximum atomic E-state index is 12.3. The van der Waals surface area contributed by atoms with E-state index in [0.29, 0.717) is 24.8 Å². The quantitative estimate of drug-likeness (QED) is 0.118. The molecule has 12 heteroatoms. The number of rotatable bonds is 16. The topological polar surface area (TPSA) is 156 Å². The minimum atomic E-state index is -1.15. The van der Waals surface area contributed by atoms with Crippen LogP contribution in [0.3, 0.4) is 0 Å². The number of carbonyl (C=O) groups excluding carboxylic acids is 3. The van der Waals surface area contributed by atoms with Gasteiger partial charge in [-0.25, -0.2) is 14.4 Å². The molecule has 2 N–H and O–H groups in total. The number of hydrogen-bond acceptors (Lipinski definition) is 11. The first-order valence-electron chi connectivity index (χ1n) is 13.2. The summed E-state index contributed by atoms with van der Waals surface area (Å²) in [7, 11) is 0. The molecule has 0 spiro atoms. The zero-order valence-corrected chi connectivity index (χ0v) is 23.5. The normalized spacial score (nSPS) is 13.8. The molecule has 1 aromatic rings. The fraction of sp³-hybridized carbons (Fsp3) is 0.630. The van der Waals surface area contributed by atoms with E-state index in [9.17, 15) is 24.3 Å². The van der Waals surface area contributed by atoms with Crippen LogP contribution in [-0.2, 0) is 30.2 Å². The van der Waals surface area contributed by atoms with Gasteiger partial charge < -0.3 is 38.8 Å². The van der Waals surface area contributed by atoms with Gasteiger partial charge in [-0.3, -0.25) is 4.79 Å². The smallest absolute Gasteiger partial charge is 0.480 e. The SMILES string of the molecule is CCCCOC(=O)OC(C)CN[C@@H](Cc1ccc(OC(=O)OC(C)CC)c(OC(=O)OC(C)CC)c1)C(=O)O. The van der Waals surface area contributed by atoms with Gasteiger partial charge in [-0.15, -0.1) is 0 Å². The molecule has 0 heterocycles. The Morgan fingerprint density at radius 2 is 1.38 bits per heavy atom. The Labute approximate surface area is 229 Å². The molecular weight excluding hydrogens is 514 g/mol. The highest BCUT2D eigenvalue weighted by Crippen LogP contribution is 2.30. The summed E-state index contributed by atoms with van der Waals surface area (Å²) in [4.78, 5) is 48.0. The summed E-state index contributed by atoms with van der Waals surface area (Å²) in [6.45, 7) is 10.9. The van der Waals surface area contributed by atoms with E-state index in [0.717, 1.165) is 6.42 Å². The van der Waals surface area contributed by atoms with Crippen molar-refractivity contribution in [3.63, 3.8) is 0 Å². The molecule has 12 nitrogen and oxygen atoms in total. The molecule has 0 amide bonds. The van der Waals surface area contributed by atoms with Crippen LogP contribution in [-0.4, -0.2) is 67.0 Å². The van der Waals surface area contributed by atoms with Gasteiger partial charge in [-0.2, -0.15) is 0 Å². The second-order valence-corrected chi connectivity index (χ2v) is 9.04. The van der Waals surface area contributed by atoms with Gasteiger partial charge in [-0.1, -0.05) is 33.3 Å². The molecule has 39 heavy (non-hydrogen) atoms. The number of carboxylic acid groups (broad SMARTS) is 1. The van der Waals surface area contributed by atoms with Crippen LogP contribution >= 0.6 is 0 Å². The molecule has 0 aliphatic heterocycles. The van der Waals surface area contributed by atoms with Crippen molar-refractivity contribution < 1.29 is 52.7 Å². The Kier molecular flexibility index (Phi) is 15.3. The van der Waals surface area contributed by atoms with Gasteiger partial charge in [0.1, 0.15) is 24.4 Å². The van der Waals surface area contributed by atoms with Gasteiger partial charge in [0.15, 0.2) is 11.5 Å². The lowest BCUT2D eigenvalue weighted by Gasteiger charge is -2.19. The second kappa shape index (κ2) is 17.9. The Hall–Kier alpha value is -3.54.